The molecular weight excluding hydrogens is 428 g/mol. The molecule has 0 bridgehead atoms. The molecular formula is C27H28N4O3. The Kier molecular flexibility index (Phi) is 6.44. The zero-order chi connectivity index (χ0) is 23.3. The fourth-order valence-corrected chi connectivity index (χ4v) is 4.16. The van der Waals surface area contributed by atoms with Gasteiger partial charge >= 0.3 is 0 Å². The van der Waals surface area contributed by atoms with Crippen LogP contribution in [0.15, 0.2) is 81.8 Å². The first-order chi connectivity index (χ1) is 16.7. The number of rotatable bonds is 7. The van der Waals surface area contributed by atoms with E-state index in [9.17, 15) is 4.79 Å². The summed E-state index contributed by atoms with van der Waals surface area (Å²) in [5, 5.41) is 2.85. The van der Waals surface area contributed by atoms with Crippen molar-refractivity contribution >= 4 is 11.6 Å². The largest absolute Gasteiger partial charge is 0.467 e. The molecule has 1 aliphatic heterocycles. The zero-order valence-corrected chi connectivity index (χ0v) is 19.2. The number of para-hydroxylation sites is 1. The lowest BCUT2D eigenvalue weighted by atomic mass is 10.1. The number of aryl methyl sites for hydroxylation is 1. The van der Waals surface area contributed by atoms with Gasteiger partial charge in [-0.25, -0.2) is 4.98 Å². The van der Waals surface area contributed by atoms with Gasteiger partial charge in [0, 0.05) is 49.5 Å². The monoisotopic (exact) mass is 456 g/mol. The fraction of sp³-hybridized carbons (Fsp3) is 0.259. The molecule has 5 rings (SSSR count). The van der Waals surface area contributed by atoms with E-state index >= 15 is 0 Å². The molecule has 2 aromatic heterocycles. The number of hydrogen-bond acceptors (Lipinski definition) is 6. The van der Waals surface area contributed by atoms with Gasteiger partial charge in [-0.1, -0.05) is 18.2 Å². The highest BCUT2D eigenvalue weighted by atomic mass is 16.4. The molecule has 0 radical (unpaired) electrons. The van der Waals surface area contributed by atoms with Crippen LogP contribution >= 0.6 is 0 Å². The van der Waals surface area contributed by atoms with Crippen molar-refractivity contribution < 1.29 is 13.6 Å². The minimum Gasteiger partial charge on any atom is -0.467 e. The van der Waals surface area contributed by atoms with Gasteiger partial charge in [-0.15, -0.1) is 0 Å². The molecule has 1 aliphatic rings. The van der Waals surface area contributed by atoms with Crippen LogP contribution in [0.3, 0.4) is 0 Å². The number of anilines is 1. The molecule has 0 spiro atoms. The van der Waals surface area contributed by atoms with Gasteiger partial charge in [0.15, 0.2) is 0 Å². The van der Waals surface area contributed by atoms with Gasteiger partial charge in [-0.2, -0.15) is 0 Å². The molecule has 0 aliphatic carbocycles. The van der Waals surface area contributed by atoms with Crippen molar-refractivity contribution in [2.24, 2.45) is 0 Å². The van der Waals surface area contributed by atoms with Gasteiger partial charge in [-0.3, -0.25) is 9.69 Å². The van der Waals surface area contributed by atoms with Gasteiger partial charge in [0.1, 0.15) is 11.5 Å². The number of oxazole rings is 1. The lowest BCUT2D eigenvalue weighted by molar-refractivity contribution is 0.0948. The first-order valence-electron chi connectivity index (χ1n) is 11.6. The Hall–Kier alpha value is -3.84. The van der Waals surface area contributed by atoms with Crippen LogP contribution in [0.25, 0.3) is 11.5 Å². The van der Waals surface area contributed by atoms with Crippen molar-refractivity contribution in [2.75, 3.05) is 31.1 Å². The van der Waals surface area contributed by atoms with Crippen LogP contribution in [0.1, 0.15) is 27.6 Å². The molecule has 2 aromatic carbocycles. The molecule has 1 saturated heterocycles. The predicted molar refractivity (Wildman–Crippen MR) is 130 cm³/mol. The molecule has 0 atom stereocenters. The molecule has 0 saturated carbocycles. The first kappa shape index (κ1) is 22.0. The second-order valence-electron chi connectivity index (χ2n) is 8.46. The maximum atomic E-state index is 12.4. The topological polar surface area (TPSA) is 74.8 Å². The molecule has 34 heavy (non-hydrogen) atoms. The number of carbonyl (C=O) groups excluding carboxylic acids is 1. The van der Waals surface area contributed by atoms with Crippen LogP contribution in [0, 0.1) is 6.92 Å². The Labute approximate surface area is 199 Å². The van der Waals surface area contributed by atoms with Crippen LogP contribution in [0.4, 0.5) is 5.69 Å². The summed E-state index contributed by atoms with van der Waals surface area (Å²) in [5.74, 6) is 1.98. The van der Waals surface area contributed by atoms with Crippen LogP contribution in [0.2, 0.25) is 0 Å². The standard InChI is InChI=1S/C27H28N4O3/c1-20-25(19-30-13-15-31(16-14-30)23-6-3-2-4-7-23)29-27(34-20)22-11-9-21(10-12-22)26(32)28-18-24-8-5-17-33-24/h2-12,17H,13-16,18-19H2,1H3,(H,28,32). The third-order valence-corrected chi connectivity index (χ3v) is 6.16. The minimum atomic E-state index is -0.151. The van der Waals surface area contributed by atoms with E-state index in [0.29, 0.717) is 23.8 Å². The minimum absolute atomic E-state index is 0.151. The number of carbonyl (C=O) groups is 1. The maximum absolute atomic E-state index is 12.4. The highest BCUT2D eigenvalue weighted by Crippen LogP contribution is 2.24. The number of hydrogen-bond donors (Lipinski definition) is 1. The van der Waals surface area contributed by atoms with Crippen molar-refractivity contribution in [2.45, 2.75) is 20.0 Å². The van der Waals surface area contributed by atoms with E-state index in [1.807, 2.05) is 25.1 Å². The predicted octanol–water partition coefficient (Wildman–Crippen LogP) is 4.50. The smallest absolute Gasteiger partial charge is 0.251 e. The highest BCUT2D eigenvalue weighted by Gasteiger charge is 2.20. The Morgan fingerprint density at radius 1 is 0.971 bits per heavy atom. The van der Waals surface area contributed by atoms with Gasteiger partial charge in [0.05, 0.1) is 18.5 Å². The molecule has 7 heteroatoms. The average Bonchev–Trinajstić information content (AvgIpc) is 3.54. The van der Waals surface area contributed by atoms with Crippen LogP contribution < -0.4 is 10.2 Å². The van der Waals surface area contributed by atoms with E-state index in [4.69, 9.17) is 13.8 Å². The summed E-state index contributed by atoms with van der Waals surface area (Å²) in [7, 11) is 0. The van der Waals surface area contributed by atoms with E-state index in [2.05, 4.69) is 45.4 Å². The number of nitrogens with one attached hydrogen (secondary N) is 1. The SMILES string of the molecule is Cc1oc(-c2ccc(C(=O)NCc3ccco3)cc2)nc1CN1CCN(c2ccccc2)CC1. The maximum Gasteiger partial charge on any atom is 0.251 e. The number of benzene rings is 2. The molecule has 4 aromatic rings. The Morgan fingerprint density at radius 2 is 1.74 bits per heavy atom. The van der Waals surface area contributed by atoms with Gasteiger partial charge < -0.3 is 19.1 Å². The van der Waals surface area contributed by atoms with E-state index in [1.54, 1.807) is 24.5 Å². The molecule has 3 heterocycles. The molecule has 1 fully saturated rings. The van der Waals surface area contributed by atoms with Gasteiger partial charge in [0.25, 0.3) is 5.91 Å². The van der Waals surface area contributed by atoms with Crippen LogP contribution in [0.5, 0.6) is 0 Å². The Balaban J connectivity index is 1.18. The quantitative estimate of drug-likeness (QED) is 0.442. The van der Waals surface area contributed by atoms with Crippen molar-refractivity contribution in [3.8, 4) is 11.5 Å². The van der Waals surface area contributed by atoms with Gasteiger partial charge in [0.2, 0.25) is 5.89 Å². The molecule has 7 nitrogen and oxygen atoms in total. The summed E-state index contributed by atoms with van der Waals surface area (Å²) >= 11 is 0. The van der Waals surface area contributed by atoms with E-state index < -0.39 is 0 Å². The molecule has 0 unspecified atom stereocenters. The summed E-state index contributed by atoms with van der Waals surface area (Å²) in [6.07, 6.45) is 1.59. The Bertz CT molecular complexity index is 1210. The summed E-state index contributed by atoms with van der Waals surface area (Å²) < 4.78 is 11.2. The van der Waals surface area contributed by atoms with Crippen molar-refractivity contribution in [1.82, 2.24) is 15.2 Å². The number of piperazine rings is 1. The first-order valence-corrected chi connectivity index (χ1v) is 11.6. The lowest BCUT2D eigenvalue weighted by Crippen LogP contribution is -2.46. The summed E-state index contributed by atoms with van der Waals surface area (Å²) in [6, 6.07) is 21.5. The third kappa shape index (κ3) is 5.05. The lowest BCUT2D eigenvalue weighted by Gasteiger charge is -2.35. The van der Waals surface area contributed by atoms with Crippen molar-refractivity contribution in [1.29, 1.82) is 0 Å². The number of amides is 1. The molecule has 1 N–H and O–H groups in total. The summed E-state index contributed by atoms with van der Waals surface area (Å²) in [5.41, 5.74) is 3.67. The zero-order valence-electron chi connectivity index (χ0n) is 19.2. The number of aromatic nitrogens is 1. The number of nitrogens with zero attached hydrogens (tertiary/aromatic N) is 3. The average molecular weight is 457 g/mol. The number of furan rings is 1. The molecule has 174 valence electrons. The van der Waals surface area contributed by atoms with Gasteiger partial charge in [-0.05, 0) is 55.5 Å². The molecule has 1 amide bonds. The Morgan fingerprint density at radius 3 is 2.44 bits per heavy atom. The van der Waals surface area contributed by atoms with Crippen molar-refractivity contribution in [3.05, 3.63) is 95.8 Å². The van der Waals surface area contributed by atoms with Crippen LogP contribution in [-0.2, 0) is 13.1 Å². The van der Waals surface area contributed by atoms with Crippen molar-refractivity contribution in [3.63, 3.8) is 0 Å². The fourth-order valence-electron chi connectivity index (χ4n) is 4.16. The van der Waals surface area contributed by atoms with E-state index in [1.165, 1.54) is 5.69 Å². The summed E-state index contributed by atoms with van der Waals surface area (Å²) in [4.78, 5) is 22.0. The normalized spacial score (nSPS) is 14.3. The summed E-state index contributed by atoms with van der Waals surface area (Å²) in [6.45, 7) is 7.05. The second-order valence-corrected chi connectivity index (χ2v) is 8.46. The van der Waals surface area contributed by atoms with E-state index in [-0.39, 0.29) is 5.91 Å². The second kappa shape index (κ2) is 9.97. The third-order valence-electron chi connectivity index (χ3n) is 6.16. The highest BCUT2D eigenvalue weighted by molar-refractivity contribution is 5.94. The van der Waals surface area contributed by atoms with E-state index in [0.717, 1.165) is 49.7 Å². The van der Waals surface area contributed by atoms with Crippen LogP contribution in [-0.4, -0.2) is 42.0 Å².